The highest BCUT2D eigenvalue weighted by molar-refractivity contribution is 5.97. The average molecular weight is 317 g/mol. The predicted octanol–water partition coefficient (Wildman–Crippen LogP) is 5.85. The molecule has 1 nitrogen and oxygen atoms in total. The maximum atomic E-state index is 14.4. The molecule has 0 unspecified atom stereocenters. The second kappa shape index (κ2) is 5.85. The van der Waals surface area contributed by atoms with E-state index in [1.54, 1.807) is 24.3 Å². The van der Waals surface area contributed by atoms with Crippen LogP contribution in [0.4, 0.5) is 8.78 Å². The van der Waals surface area contributed by atoms with Gasteiger partial charge in [-0.3, -0.25) is 0 Å². The van der Waals surface area contributed by atoms with Crippen LogP contribution in [0, 0.1) is 11.6 Å². The average Bonchev–Trinajstić information content (AvgIpc) is 2.62. The number of aromatic nitrogens is 1. The number of fused-ring (bicyclic) bond motifs is 1. The fourth-order valence-corrected chi connectivity index (χ4v) is 2.86. The van der Waals surface area contributed by atoms with Gasteiger partial charge in [0.05, 0.1) is 11.2 Å². The molecule has 116 valence electrons. The summed E-state index contributed by atoms with van der Waals surface area (Å²) in [5.41, 5.74) is 3.75. The quantitative estimate of drug-likeness (QED) is 0.452. The minimum absolute atomic E-state index is 0.297. The Balaban J connectivity index is 2.03. The molecule has 1 aromatic heterocycles. The SMILES string of the molecule is Fc1ccc(-c2cc(-c3ccccc3)c3c(F)cccc3n2)cc1. The van der Waals surface area contributed by atoms with Gasteiger partial charge in [0.1, 0.15) is 11.6 Å². The molecule has 0 aliphatic heterocycles. The number of hydrogen-bond acceptors (Lipinski definition) is 1. The Labute approximate surface area is 138 Å². The van der Waals surface area contributed by atoms with Crippen LogP contribution < -0.4 is 0 Å². The van der Waals surface area contributed by atoms with Crippen LogP contribution in [0.1, 0.15) is 0 Å². The molecule has 0 aliphatic rings. The van der Waals surface area contributed by atoms with Gasteiger partial charge in [0, 0.05) is 10.9 Å². The lowest BCUT2D eigenvalue weighted by atomic mass is 9.98. The summed E-state index contributed by atoms with van der Waals surface area (Å²) in [7, 11) is 0. The highest BCUT2D eigenvalue weighted by Crippen LogP contribution is 2.33. The van der Waals surface area contributed by atoms with Crippen molar-refractivity contribution in [1.82, 2.24) is 4.98 Å². The molecule has 3 heteroatoms. The molecule has 4 aromatic rings. The van der Waals surface area contributed by atoms with Gasteiger partial charge in [0.2, 0.25) is 0 Å². The summed E-state index contributed by atoms with van der Waals surface area (Å²) in [5.74, 6) is -0.599. The van der Waals surface area contributed by atoms with Crippen LogP contribution in [-0.4, -0.2) is 4.98 Å². The number of nitrogens with zero attached hydrogens (tertiary/aromatic N) is 1. The maximum absolute atomic E-state index is 14.4. The normalized spacial score (nSPS) is 10.9. The van der Waals surface area contributed by atoms with Crippen LogP contribution in [-0.2, 0) is 0 Å². The van der Waals surface area contributed by atoms with Crippen molar-refractivity contribution >= 4 is 10.9 Å². The highest BCUT2D eigenvalue weighted by Gasteiger charge is 2.12. The van der Waals surface area contributed by atoms with Crippen molar-refractivity contribution in [2.75, 3.05) is 0 Å². The maximum Gasteiger partial charge on any atom is 0.133 e. The molecule has 0 aliphatic carbocycles. The second-order valence-electron chi connectivity index (χ2n) is 5.56. The first-order valence-corrected chi connectivity index (χ1v) is 7.63. The van der Waals surface area contributed by atoms with Crippen molar-refractivity contribution in [1.29, 1.82) is 0 Å². The summed E-state index contributed by atoms with van der Waals surface area (Å²) in [6, 6.07) is 22.5. The zero-order valence-electron chi connectivity index (χ0n) is 12.7. The van der Waals surface area contributed by atoms with Crippen molar-refractivity contribution in [2.45, 2.75) is 0 Å². The minimum atomic E-state index is -0.301. The van der Waals surface area contributed by atoms with Crippen LogP contribution in [0.15, 0.2) is 78.9 Å². The lowest BCUT2D eigenvalue weighted by Gasteiger charge is -2.11. The zero-order chi connectivity index (χ0) is 16.5. The summed E-state index contributed by atoms with van der Waals surface area (Å²) in [4.78, 5) is 4.56. The first-order chi connectivity index (χ1) is 11.7. The van der Waals surface area contributed by atoms with Crippen molar-refractivity contribution in [3.63, 3.8) is 0 Å². The van der Waals surface area contributed by atoms with E-state index in [0.717, 1.165) is 16.7 Å². The Morgan fingerprint density at radius 1 is 0.667 bits per heavy atom. The smallest absolute Gasteiger partial charge is 0.133 e. The van der Waals surface area contributed by atoms with Gasteiger partial charge in [-0.15, -0.1) is 0 Å². The molecule has 0 amide bonds. The van der Waals surface area contributed by atoms with Gasteiger partial charge in [-0.2, -0.15) is 0 Å². The lowest BCUT2D eigenvalue weighted by Crippen LogP contribution is -1.92. The van der Waals surface area contributed by atoms with Crippen LogP contribution in [0.5, 0.6) is 0 Å². The molecular formula is C21H13F2N. The summed E-state index contributed by atoms with van der Waals surface area (Å²) >= 11 is 0. The van der Waals surface area contributed by atoms with E-state index in [-0.39, 0.29) is 11.6 Å². The van der Waals surface area contributed by atoms with Crippen LogP contribution in [0.25, 0.3) is 33.3 Å². The standard InChI is InChI=1S/C21H13F2N/c22-16-11-9-15(10-12-16)20-13-17(14-5-2-1-3-6-14)21-18(23)7-4-8-19(21)24-20/h1-13H. The molecule has 0 fully saturated rings. The molecule has 0 radical (unpaired) electrons. The van der Waals surface area contributed by atoms with Crippen LogP contribution in [0.3, 0.4) is 0 Å². The first-order valence-electron chi connectivity index (χ1n) is 7.63. The van der Waals surface area contributed by atoms with Gasteiger partial charge >= 0.3 is 0 Å². The topological polar surface area (TPSA) is 12.9 Å². The van der Waals surface area contributed by atoms with Crippen molar-refractivity contribution in [3.8, 4) is 22.4 Å². The van der Waals surface area contributed by atoms with Crippen molar-refractivity contribution < 1.29 is 8.78 Å². The van der Waals surface area contributed by atoms with Crippen molar-refractivity contribution in [3.05, 3.63) is 90.5 Å². The largest absolute Gasteiger partial charge is 0.248 e. The molecule has 0 N–H and O–H groups in total. The van der Waals surface area contributed by atoms with E-state index in [9.17, 15) is 8.78 Å². The fourth-order valence-electron chi connectivity index (χ4n) is 2.86. The summed E-state index contributed by atoms with van der Waals surface area (Å²) < 4.78 is 27.6. The number of pyridine rings is 1. The van der Waals surface area contributed by atoms with Gasteiger partial charge in [-0.25, -0.2) is 13.8 Å². The van der Waals surface area contributed by atoms with Crippen LogP contribution >= 0.6 is 0 Å². The molecule has 1 heterocycles. The zero-order valence-corrected chi connectivity index (χ0v) is 12.7. The molecule has 0 atom stereocenters. The number of benzene rings is 3. The fraction of sp³-hybridized carbons (Fsp3) is 0. The molecule has 0 spiro atoms. The van der Waals surface area contributed by atoms with E-state index in [4.69, 9.17) is 0 Å². The van der Waals surface area contributed by atoms with Gasteiger partial charge in [0.25, 0.3) is 0 Å². The number of halogens is 2. The monoisotopic (exact) mass is 317 g/mol. The summed E-state index contributed by atoms with van der Waals surface area (Å²) in [6.07, 6.45) is 0. The Morgan fingerprint density at radius 2 is 1.42 bits per heavy atom. The number of rotatable bonds is 2. The van der Waals surface area contributed by atoms with E-state index in [0.29, 0.717) is 16.6 Å². The van der Waals surface area contributed by atoms with Gasteiger partial charge in [-0.1, -0.05) is 36.4 Å². The molecule has 0 bridgehead atoms. The third kappa shape index (κ3) is 2.54. The molecule has 3 aromatic carbocycles. The van der Waals surface area contributed by atoms with Crippen LogP contribution in [0.2, 0.25) is 0 Å². The number of hydrogen-bond donors (Lipinski definition) is 0. The molecular weight excluding hydrogens is 304 g/mol. The molecule has 4 rings (SSSR count). The van der Waals surface area contributed by atoms with E-state index in [2.05, 4.69) is 4.98 Å². The Bertz CT molecular complexity index is 1010. The second-order valence-corrected chi connectivity index (χ2v) is 5.56. The Hall–Kier alpha value is -3.07. The molecule has 0 saturated heterocycles. The van der Waals surface area contributed by atoms with Gasteiger partial charge in [0.15, 0.2) is 0 Å². The summed E-state index contributed by atoms with van der Waals surface area (Å²) in [5, 5.41) is 0.495. The molecule has 24 heavy (non-hydrogen) atoms. The van der Waals surface area contributed by atoms with E-state index in [1.165, 1.54) is 18.2 Å². The third-order valence-corrected chi connectivity index (χ3v) is 4.01. The molecule has 0 saturated carbocycles. The Morgan fingerprint density at radius 3 is 2.17 bits per heavy atom. The first kappa shape index (κ1) is 14.5. The predicted molar refractivity (Wildman–Crippen MR) is 92.5 cm³/mol. The van der Waals surface area contributed by atoms with Crippen molar-refractivity contribution in [2.24, 2.45) is 0 Å². The minimum Gasteiger partial charge on any atom is -0.248 e. The highest BCUT2D eigenvalue weighted by atomic mass is 19.1. The van der Waals surface area contributed by atoms with Gasteiger partial charge < -0.3 is 0 Å². The third-order valence-electron chi connectivity index (χ3n) is 4.01. The van der Waals surface area contributed by atoms with E-state index < -0.39 is 0 Å². The van der Waals surface area contributed by atoms with E-state index in [1.807, 2.05) is 36.4 Å². The summed E-state index contributed by atoms with van der Waals surface area (Å²) in [6.45, 7) is 0. The Kier molecular flexibility index (Phi) is 3.54. The van der Waals surface area contributed by atoms with E-state index >= 15 is 0 Å². The van der Waals surface area contributed by atoms with Gasteiger partial charge in [-0.05, 0) is 53.6 Å². The lowest BCUT2D eigenvalue weighted by molar-refractivity contribution is 0.628.